The number of halogens is 1. The summed E-state index contributed by atoms with van der Waals surface area (Å²) in [5.74, 6) is -2.99. The second-order valence-corrected chi connectivity index (χ2v) is 7.55. The first-order valence-corrected chi connectivity index (χ1v) is 9.45. The predicted molar refractivity (Wildman–Crippen MR) is 105 cm³/mol. The van der Waals surface area contributed by atoms with Crippen LogP contribution in [0.3, 0.4) is 0 Å². The van der Waals surface area contributed by atoms with Gasteiger partial charge in [0.2, 0.25) is 17.7 Å². The van der Waals surface area contributed by atoms with Gasteiger partial charge in [0.1, 0.15) is 6.54 Å². The zero-order valence-electron chi connectivity index (χ0n) is 15.3. The number of nitrogens with zero attached hydrogens (tertiary/aromatic N) is 2. The lowest BCUT2D eigenvalue weighted by atomic mass is 9.80. The van der Waals surface area contributed by atoms with Gasteiger partial charge in [-0.25, -0.2) is 0 Å². The third kappa shape index (κ3) is 2.98. The molecule has 7 nitrogen and oxygen atoms in total. The SMILES string of the molecule is O=C(O)CN1C(=O)C2(CC(=O)N(CCc3ccccc3)C2=O)c2cc(Cl)ccc21. The summed E-state index contributed by atoms with van der Waals surface area (Å²) in [5, 5.41) is 9.50. The van der Waals surface area contributed by atoms with Crippen LogP contribution in [0.15, 0.2) is 48.5 Å². The van der Waals surface area contributed by atoms with Gasteiger partial charge in [0.25, 0.3) is 0 Å². The van der Waals surface area contributed by atoms with Crippen LogP contribution < -0.4 is 4.90 Å². The van der Waals surface area contributed by atoms with Gasteiger partial charge in [0.05, 0.1) is 6.42 Å². The van der Waals surface area contributed by atoms with Crippen LogP contribution in [0.2, 0.25) is 5.02 Å². The van der Waals surface area contributed by atoms with Crippen molar-refractivity contribution in [2.45, 2.75) is 18.3 Å². The maximum absolute atomic E-state index is 13.3. The molecule has 0 bridgehead atoms. The molecule has 0 aromatic heterocycles. The predicted octanol–water partition coefficient (Wildman–Crippen LogP) is 2.01. The molecular formula is C21H17ClN2O5. The summed E-state index contributed by atoms with van der Waals surface area (Å²) < 4.78 is 0. The minimum atomic E-state index is -1.75. The quantitative estimate of drug-likeness (QED) is 0.598. The number of fused-ring (bicyclic) bond motifs is 2. The average Bonchev–Trinajstić information content (AvgIpc) is 3.07. The molecule has 1 saturated heterocycles. The van der Waals surface area contributed by atoms with Crippen molar-refractivity contribution in [3.8, 4) is 0 Å². The third-order valence-corrected chi connectivity index (χ3v) is 5.64. The lowest BCUT2D eigenvalue weighted by molar-refractivity contribution is -0.143. The van der Waals surface area contributed by atoms with E-state index in [9.17, 15) is 24.3 Å². The van der Waals surface area contributed by atoms with E-state index in [1.807, 2.05) is 30.3 Å². The second-order valence-electron chi connectivity index (χ2n) is 7.11. The lowest BCUT2D eigenvalue weighted by Gasteiger charge is -2.22. The van der Waals surface area contributed by atoms with E-state index < -0.39 is 35.7 Å². The first kappa shape index (κ1) is 19.1. The number of carboxylic acids is 1. The van der Waals surface area contributed by atoms with Crippen LogP contribution in [0.4, 0.5) is 5.69 Å². The second kappa shape index (κ2) is 7.00. The fraction of sp³-hybridized carbons (Fsp3) is 0.238. The molecule has 1 unspecified atom stereocenters. The molecule has 2 heterocycles. The van der Waals surface area contributed by atoms with Gasteiger partial charge in [-0.15, -0.1) is 0 Å². The van der Waals surface area contributed by atoms with Gasteiger partial charge in [-0.1, -0.05) is 41.9 Å². The number of rotatable bonds is 5. The molecule has 8 heteroatoms. The maximum atomic E-state index is 13.3. The third-order valence-electron chi connectivity index (χ3n) is 5.41. The van der Waals surface area contributed by atoms with Crippen molar-refractivity contribution in [1.29, 1.82) is 0 Å². The van der Waals surface area contributed by atoms with Crippen molar-refractivity contribution in [1.82, 2.24) is 4.90 Å². The number of benzene rings is 2. The number of carbonyl (C=O) groups is 4. The Balaban J connectivity index is 1.71. The molecule has 1 N–H and O–H groups in total. The molecule has 1 spiro atoms. The topological polar surface area (TPSA) is 95.0 Å². The number of amides is 3. The zero-order chi connectivity index (χ0) is 20.8. The molecule has 1 fully saturated rings. The van der Waals surface area contributed by atoms with Crippen molar-refractivity contribution >= 4 is 41.0 Å². The smallest absolute Gasteiger partial charge is 0.323 e. The highest BCUT2D eigenvalue weighted by molar-refractivity contribution is 6.32. The monoisotopic (exact) mass is 412 g/mol. The number of aliphatic carboxylic acids is 1. The van der Waals surface area contributed by atoms with Crippen LogP contribution in [0.5, 0.6) is 0 Å². The van der Waals surface area contributed by atoms with Crippen molar-refractivity contribution in [2.75, 3.05) is 18.0 Å². The highest BCUT2D eigenvalue weighted by Gasteiger charge is 2.63. The summed E-state index contributed by atoms with van der Waals surface area (Å²) in [5.41, 5.74) is -0.198. The summed E-state index contributed by atoms with van der Waals surface area (Å²) in [4.78, 5) is 52.7. The normalized spacial score (nSPS) is 20.7. The highest BCUT2D eigenvalue weighted by atomic mass is 35.5. The van der Waals surface area contributed by atoms with Gasteiger partial charge in [0, 0.05) is 22.8 Å². The summed E-state index contributed by atoms with van der Waals surface area (Å²) in [7, 11) is 0. The van der Waals surface area contributed by atoms with Crippen LogP contribution >= 0.6 is 11.6 Å². The van der Waals surface area contributed by atoms with E-state index in [1.165, 1.54) is 18.2 Å². The molecular weight excluding hydrogens is 396 g/mol. The first-order chi connectivity index (χ1) is 13.8. The van der Waals surface area contributed by atoms with Crippen molar-refractivity contribution in [3.05, 3.63) is 64.7 Å². The van der Waals surface area contributed by atoms with Crippen molar-refractivity contribution < 1.29 is 24.3 Å². The summed E-state index contributed by atoms with van der Waals surface area (Å²) in [6.07, 6.45) is 0.132. The average molecular weight is 413 g/mol. The number of carboxylic acid groups (broad SMARTS) is 1. The number of hydrogen-bond acceptors (Lipinski definition) is 4. The van der Waals surface area contributed by atoms with Gasteiger partial charge in [-0.05, 0) is 30.2 Å². The Morgan fingerprint density at radius 2 is 1.72 bits per heavy atom. The van der Waals surface area contributed by atoms with Crippen molar-refractivity contribution in [3.63, 3.8) is 0 Å². The summed E-state index contributed by atoms with van der Waals surface area (Å²) in [6, 6.07) is 13.9. The van der Waals surface area contributed by atoms with Crippen molar-refractivity contribution in [2.24, 2.45) is 0 Å². The Bertz CT molecular complexity index is 1040. The zero-order valence-corrected chi connectivity index (χ0v) is 16.1. The molecule has 0 radical (unpaired) electrons. The molecule has 2 aromatic rings. The fourth-order valence-electron chi connectivity index (χ4n) is 4.06. The molecule has 0 saturated carbocycles. The Morgan fingerprint density at radius 1 is 1.03 bits per heavy atom. The Hall–Kier alpha value is -3.19. The molecule has 2 aliphatic rings. The number of carbonyl (C=O) groups excluding carboxylic acids is 3. The number of likely N-dealkylation sites (tertiary alicyclic amines) is 1. The van der Waals surface area contributed by atoms with Gasteiger partial charge in [0.15, 0.2) is 5.41 Å². The Morgan fingerprint density at radius 3 is 2.41 bits per heavy atom. The Kier molecular flexibility index (Phi) is 4.62. The molecule has 2 aromatic carbocycles. The fourth-order valence-corrected chi connectivity index (χ4v) is 4.24. The van der Waals surface area contributed by atoms with E-state index in [-0.39, 0.29) is 18.5 Å². The van der Waals surface area contributed by atoms with Crippen LogP contribution in [-0.4, -0.2) is 46.8 Å². The van der Waals surface area contributed by atoms with E-state index >= 15 is 0 Å². The molecule has 0 aliphatic carbocycles. The molecule has 1 atom stereocenters. The molecule has 4 rings (SSSR count). The van der Waals surface area contributed by atoms with Gasteiger partial charge in [-0.2, -0.15) is 0 Å². The van der Waals surface area contributed by atoms with Gasteiger partial charge < -0.3 is 5.11 Å². The van der Waals surface area contributed by atoms with E-state index in [1.54, 1.807) is 0 Å². The Labute approximate surface area is 171 Å². The number of anilines is 1. The van der Waals surface area contributed by atoms with E-state index in [4.69, 9.17) is 11.6 Å². The van der Waals surface area contributed by atoms with Gasteiger partial charge in [-0.3, -0.25) is 29.0 Å². The van der Waals surface area contributed by atoms with Crippen LogP contribution in [0.1, 0.15) is 17.5 Å². The summed E-state index contributed by atoms with van der Waals surface area (Å²) in [6.45, 7) is -0.452. The minimum Gasteiger partial charge on any atom is -0.480 e. The summed E-state index contributed by atoms with van der Waals surface area (Å²) >= 11 is 6.09. The minimum absolute atomic E-state index is 0.144. The van der Waals surface area contributed by atoms with Crippen LogP contribution in [0, 0.1) is 0 Å². The van der Waals surface area contributed by atoms with E-state index in [0.29, 0.717) is 17.1 Å². The molecule has 148 valence electrons. The number of imide groups is 1. The van der Waals surface area contributed by atoms with E-state index in [0.717, 1.165) is 15.4 Å². The standard InChI is InChI=1S/C21H17ClN2O5/c22-14-6-7-16-15(10-14)21(20(29)24(16)12-18(26)27)11-17(25)23(19(21)28)9-8-13-4-2-1-3-5-13/h1-7,10H,8-9,11-12H2,(H,26,27). The highest BCUT2D eigenvalue weighted by Crippen LogP contribution is 2.49. The van der Waals surface area contributed by atoms with Crippen LogP contribution in [0.25, 0.3) is 0 Å². The largest absolute Gasteiger partial charge is 0.480 e. The van der Waals surface area contributed by atoms with Gasteiger partial charge >= 0.3 is 5.97 Å². The lowest BCUT2D eigenvalue weighted by Crippen LogP contribution is -2.47. The molecule has 3 amide bonds. The van der Waals surface area contributed by atoms with E-state index in [2.05, 4.69) is 0 Å². The molecule has 29 heavy (non-hydrogen) atoms. The maximum Gasteiger partial charge on any atom is 0.323 e. The molecule has 2 aliphatic heterocycles. The van der Waals surface area contributed by atoms with Crippen LogP contribution in [-0.2, 0) is 31.0 Å². The number of hydrogen-bond donors (Lipinski definition) is 1. The first-order valence-electron chi connectivity index (χ1n) is 9.07.